The molecule has 0 spiro atoms. The molecule has 0 atom stereocenters. The van der Waals surface area contributed by atoms with Crippen molar-refractivity contribution in [3.05, 3.63) is 80.0 Å². The number of nitrogens with one attached hydrogen (secondary N) is 2. The van der Waals surface area contributed by atoms with Gasteiger partial charge in [-0.2, -0.15) is 5.10 Å². The number of amides is 2. The van der Waals surface area contributed by atoms with Gasteiger partial charge in [0, 0.05) is 23.6 Å². The number of nitro benzene ring substituents is 1. The summed E-state index contributed by atoms with van der Waals surface area (Å²) in [5.74, 6) is -0.601. The van der Waals surface area contributed by atoms with Crippen molar-refractivity contribution >= 4 is 34.9 Å². The molecule has 1 aromatic heterocycles. The third-order valence-corrected chi connectivity index (χ3v) is 5.46. The highest BCUT2D eigenvalue weighted by molar-refractivity contribution is 6.34. The second-order valence-corrected chi connectivity index (χ2v) is 9.43. The van der Waals surface area contributed by atoms with E-state index in [1.54, 1.807) is 4.68 Å². The van der Waals surface area contributed by atoms with Gasteiger partial charge >= 0.3 is 0 Å². The highest BCUT2D eigenvalue weighted by atomic mass is 35.5. The second-order valence-electron chi connectivity index (χ2n) is 9.02. The number of hydrogen-bond acceptors (Lipinski definition) is 5. The summed E-state index contributed by atoms with van der Waals surface area (Å²) < 4.78 is 1.68. The number of aromatic nitrogens is 2. The summed E-state index contributed by atoms with van der Waals surface area (Å²) in [5.41, 5.74) is 3.30. The van der Waals surface area contributed by atoms with Gasteiger partial charge in [-0.1, -0.05) is 50.1 Å². The van der Waals surface area contributed by atoms with Crippen LogP contribution in [0, 0.1) is 24.0 Å². The Hall–Kier alpha value is -3.72. The number of nitro groups is 1. The third-order valence-electron chi connectivity index (χ3n) is 5.14. The smallest absolute Gasteiger partial charge is 0.270 e. The van der Waals surface area contributed by atoms with E-state index in [-0.39, 0.29) is 28.2 Å². The first-order chi connectivity index (χ1) is 15.9. The van der Waals surface area contributed by atoms with Crippen LogP contribution in [0.25, 0.3) is 5.69 Å². The molecule has 0 bridgehead atoms. The number of nitrogens with zero attached hydrogens (tertiary/aromatic N) is 3. The van der Waals surface area contributed by atoms with E-state index in [9.17, 15) is 19.7 Å². The van der Waals surface area contributed by atoms with Gasteiger partial charge in [0.2, 0.25) is 5.91 Å². The van der Waals surface area contributed by atoms with Gasteiger partial charge in [0.05, 0.1) is 33.4 Å². The number of carbonyl (C=O) groups is 2. The van der Waals surface area contributed by atoms with Crippen LogP contribution in [0.5, 0.6) is 0 Å². The van der Waals surface area contributed by atoms with Crippen molar-refractivity contribution in [2.45, 2.75) is 40.0 Å². The molecule has 2 aromatic carbocycles. The molecule has 1 heterocycles. The van der Waals surface area contributed by atoms with Crippen LogP contribution in [0.3, 0.4) is 0 Å². The van der Waals surface area contributed by atoms with Gasteiger partial charge in [-0.05, 0) is 31.5 Å². The molecule has 9 nitrogen and oxygen atoms in total. The number of benzene rings is 2. The van der Waals surface area contributed by atoms with E-state index in [2.05, 4.69) is 10.6 Å². The standard InChI is InChI=1S/C24H26ClN5O4/c1-14-6-9-19(15(2)10-14)29-21(12-20(28-29)24(3,4)5)27-22(31)13-26-23(32)17-8-7-16(30(33)34)11-18(17)25/h6-12H,13H2,1-5H3,(H,26,32)(H,27,31). The largest absolute Gasteiger partial charge is 0.343 e. The Balaban J connectivity index is 1.78. The summed E-state index contributed by atoms with van der Waals surface area (Å²) in [6.45, 7) is 9.74. The maximum atomic E-state index is 12.7. The Morgan fingerprint density at radius 1 is 1.12 bits per heavy atom. The third kappa shape index (κ3) is 5.60. The van der Waals surface area contributed by atoms with Crippen molar-refractivity contribution in [1.29, 1.82) is 0 Å². The van der Waals surface area contributed by atoms with Crippen molar-refractivity contribution < 1.29 is 14.5 Å². The number of anilines is 1. The summed E-state index contributed by atoms with van der Waals surface area (Å²) in [5, 5.41) is 20.8. The average molecular weight is 484 g/mol. The van der Waals surface area contributed by atoms with Crippen molar-refractivity contribution in [2.75, 3.05) is 11.9 Å². The van der Waals surface area contributed by atoms with Crippen molar-refractivity contribution in [1.82, 2.24) is 15.1 Å². The van der Waals surface area contributed by atoms with Gasteiger partial charge in [-0.3, -0.25) is 19.7 Å². The fourth-order valence-corrected chi connectivity index (χ4v) is 3.57. The maximum absolute atomic E-state index is 12.7. The van der Waals surface area contributed by atoms with Crippen LogP contribution in [0.2, 0.25) is 5.02 Å². The quantitative estimate of drug-likeness (QED) is 0.388. The lowest BCUT2D eigenvalue weighted by Gasteiger charge is -2.14. The topological polar surface area (TPSA) is 119 Å². The Morgan fingerprint density at radius 2 is 1.82 bits per heavy atom. The molecule has 0 aliphatic carbocycles. The van der Waals surface area contributed by atoms with Gasteiger partial charge in [0.1, 0.15) is 5.82 Å². The lowest BCUT2D eigenvalue weighted by molar-refractivity contribution is -0.384. The summed E-state index contributed by atoms with van der Waals surface area (Å²) in [6.07, 6.45) is 0. The van der Waals surface area contributed by atoms with Gasteiger partial charge in [-0.25, -0.2) is 4.68 Å². The van der Waals surface area contributed by atoms with Crippen LogP contribution >= 0.6 is 11.6 Å². The normalized spacial score (nSPS) is 11.2. The first-order valence-corrected chi connectivity index (χ1v) is 10.9. The van der Waals surface area contributed by atoms with Crippen LogP contribution in [0.15, 0.2) is 42.5 Å². The number of non-ortho nitro benzene ring substituents is 1. The molecule has 0 saturated carbocycles. The van der Waals surface area contributed by atoms with Crippen molar-refractivity contribution in [3.63, 3.8) is 0 Å². The predicted molar refractivity (Wildman–Crippen MR) is 131 cm³/mol. The minimum Gasteiger partial charge on any atom is -0.343 e. The zero-order chi connectivity index (χ0) is 25.2. The summed E-state index contributed by atoms with van der Waals surface area (Å²) >= 11 is 6.00. The zero-order valence-electron chi connectivity index (χ0n) is 19.6. The molecule has 0 aliphatic heterocycles. The molecular formula is C24H26ClN5O4. The highest BCUT2D eigenvalue weighted by Crippen LogP contribution is 2.28. The monoisotopic (exact) mass is 483 g/mol. The van der Waals surface area contributed by atoms with Gasteiger partial charge < -0.3 is 10.6 Å². The summed E-state index contributed by atoms with van der Waals surface area (Å²) in [6, 6.07) is 11.3. The van der Waals surface area contributed by atoms with Crippen LogP contribution in [-0.2, 0) is 10.2 Å². The Labute approximate surface area is 202 Å². The van der Waals surface area contributed by atoms with Gasteiger partial charge in [-0.15, -0.1) is 0 Å². The molecule has 2 amide bonds. The Morgan fingerprint density at radius 3 is 2.41 bits per heavy atom. The number of carbonyl (C=O) groups excluding carboxylic acids is 2. The maximum Gasteiger partial charge on any atom is 0.270 e. The van der Waals surface area contributed by atoms with Crippen molar-refractivity contribution in [2.24, 2.45) is 0 Å². The molecule has 178 valence electrons. The van der Waals surface area contributed by atoms with E-state index in [1.807, 2.05) is 58.9 Å². The molecule has 0 radical (unpaired) electrons. The lowest BCUT2D eigenvalue weighted by atomic mass is 9.92. The van der Waals surface area contributed by atoms with E-state index in [1.165, 1.54) is 12.1 Å². The predicted octanol–water partition coefficient (Wildman–Crippen LogP) is 4.72. The molecule has 0 fully saturated rings. The van der Waals surface area contributed by atoms with E-state index >= 15 is 0 Å². The van der Waals surface area contributed by atoms with Crippen LogP contribution in [0.1, 0.15) is 48.0 Å². The fraction of sp³-hybridized carbons (Fsp3) is 0.292. The van der Waals surface area contributed by atoms with Crippen LogP contribution < -0.4 is 10.6 Å². The average Bonchev–Trinajstić information content (AvgIpc) is 3.15. The van der Waals surface area contributed by atoms with E-state index in [0.717, 1.165) is 28.6 Å². The molecule has 0 unspecified atom stereocenters. The Kier molecular flexibility index (Phi) is 7.07. The van der Waals surface area contributed by atoms with E-state index in [0.29, 0.717) is 5.82 Å². The first kappa shape index (κ1) is 24.9. The molecule has 2 N–H and O–H groups in total. The van der Waals surface area contributed by atoms with Crippen molar-refractivity contribution in [3.8, 4) is 5.69 Å². The molecule has 3 rings (SSSR count). The number of rotatable bonds is 6. The SMILES string of the molecule is Cc1ccc(-n2nc(C(C)(C)C)cc2NC(=O)CNC(=O)c2ccc([N+](=O)[O-])cc2Cl)c(C)c1. The molecule has 10 heteroatoms. The first-order valence-electron chi connectivity index (χ1n) is 10.6. The molecular weight excluding hydrogens is 458 g/mol. The van der Waals surface area contributed by atoms with E-state index in [4.69, 9.17) is 16.7 Å². The molecule has 0 aliphatic rings. The fourth-order valence-electron chi connectivity index (χ4n) is 3.31. The van der Waals surface area contributed by atoms with Gasteiger partial charge in [0.25, 0.3) is 11.6 Å². The minimum atomic E-state index is -0.617. The zero-order valence-corrected chi connectivity index (χ0v) is 20.4. The van der Waals surface area contributed by atoms with Crippen LogP contribution in [0.4, 0.5) is 11.5 Å². The highest BCUT2D eigenvalue weighted by Gasteiger charge is 2.22. The second kappa shape index (κ2) is 9.64. The van der Waals surface area contributed by atoms with Crippen LogP contribution in [-0.4, -0.2) is 33.1 Å². The lowest BCUT2D eigenvalue weighted by Crippen LogP contribution is -2.33. The van der Waals surface area contributed by atoms with Gasteiger partial charge in [0.15, 0.2) is 0 Å². The number of halogens is 1. The van der Waals surface area contributed by atoms with E-state index < -0.39 is 16.7 Å². The number of aryl methyl sites for hydroxylation is 2. The molecule has 0 saturated heterocycles. The number of hydrogen-bond donors (Lipinski definition) is 2. The summed E-state index contributed by atoms with van der Waals surface area (Å²) in [4.78, 5) is 35.3. The Bertz CT molecular complexity index is 1280. The summed E-state index contributed by atoms with van der Waals surface area (Å²) in [7, 11) is 0. The minimum absolute atomic E-state index is 0.0374. The molecule has 3 aromatic rings. The molecule has 34 heavy (non-hydrogen) atoms.